The molecule has 1 N–H and O–H groups in total. The average Bonchev–Trinajstić information content (AvgIpc) is 2.38. The summed E-state index contributed by atoms with van der Waals surface area (Å²) in [6.07, 6.45) is -1.89. The molecule has 1 aliphatic rings. The van der Waals surface area contributed by atoms with Crippen molar-refractivity contribution in [2.45, 2.75) is 36.9 Å². The lowest BCUT2D eigenvalue weighted by Crippen LogP contribution is -2.26. The number of aromatic nitrogens is 3. The Hall–Kier alpha value is -1.83. The molecule has 4 nitrogen and oxygen atoms in total. The summed E-state index contributed by atoms with van der Waals surface area (Å²) in [6, 6.07) is 1.54. The van der Waals surface area contributed by atoms with Gasteiger partial charge in [-0.2, -0.15) is 13.2 Å². The largest absolute Gasteiger partial charge is 0.433 e. The van der Waals surface area contributed by atoms with E-state index in [0.717, 1.165) is 30.1 Å². The highest BCUT2D eigenvalue weighted by Crippen LogP contribution is 2.34. The standard InChI is InChI=1S/C14H12F3N3OS/c1-7-4-5-18-11(14(15,16)17)9(7)6-22-13-19-10-3-2-8(10)12(21)20-13/h4-5H,2-3,6H2,1H3,(H,19,20,21). The van der Waals surface area contributed by atoms with Gasteiger partial charge in [0.05, 0.1) is 5.69 Å². The van der Waals surface area contributed by atoms with E-state index in [9.17, 15) is 18.0 Å². The van der Waals surface area contributed by atoms with E-state index in [1.54, 1.807) is 13.0 Å². The van der Waals surface area contributed by atoms with Gasteiger partial charge in [-0.15, -0.1) is 0 Å². The molecular weight excluding hydrogens is 315 g/mol. The first kappa shape index (κ1) is 15.1. The number of rotatable bonds is 3. The Balaban J connectivity index is 1.87. The zero-order valence-electron chi connectivity index (χ0n) is 11.6. The van der Waals surface area contributed by atoms with Gasteiger partial charge in [-0.25, -0.2) is 4.98 Å². The van der Waals surface area contributed by atoms with Gasteiger partial charge < -0.3 is 4.98 Å². The summed E-state index contributed by atoms with van der Waals surface area (Å²) in [6.45, 7) is 1.61. The van der Waals surface area contributed by atoms with Crippen molar-refractivity contribution < 1.29 is 13.2 Å². The van der Waals surface area contributed by atoms with Crippen LogP contribution in [-0.4, -0.2) is 15.0 Å². The van der Waals surface area contributed by atoms with Gasteiger partial charge in [-0.05, 0) is 37.0 Å². The predicted octanol–water partition coefficient (Wildman–Crippen LogP) is 2.88. The fraction of sp³-hybridized carbons (Fsp3) is 0.357. The summed E-state index contributed by atoms with van der Waals surface area (Å²) in [7, 11) is 0. The number of thioether (sulfide) groups is 1. The Bertz CT molecular complexity index is 786. The molecule has 0 aliphatic heterocycles. The molecule has 0 bridgehead atoms. The lowest BCUT2D eigenvalue weighted by atomic mass is 9.96. The van der Waals surface area contributed by atoms with Crippen molar-refractivity contribution in [1.82, 2.24) is 15.0 Å². The summed E-state index contributed by atoms with van der Waals surface area (Å²) in [5.41, 5.74) is 0.971. The molecule has 0 atom stereocenters. The summed E-state index contributed by atoms with van der Waals surface area (Å²) in [5.74, 6) is 0.0518. The first-order chi connectivity index (χ1) is 10.4. The number of hydrogen-bond donors (Lipinski definition) is 1. The van der Waals surface area contributed by atoms with Crippen molar-refractivity contribution >= 4 is 11.8 Å². The van der Waals surface area contributed by atoms with Crippen LogP contribution in [0.2, 0.25) is 0 Å². The number of nitrogens with one attached hydrogen (secondary N) is 1. The van der Waals surface area contributed by atoms with Gasteiger partial charge in [0.15, 0.2) is 5.16 Å². The Morgan fingerprint density at radius 2 is 2.14 bits per heavy atom. The maximum absolute atomic E-state index is 13.0. The van der Waals surface area contributed by atoms with Crippen LogP contribution in [0.1, 0.15) is 28.1 Å². The maximum Gasteiger partial charge on any atom is 0.433 e. The summed E-state index contributed by atoms with van der Waals surface area (Å²) in [5, 5.41) is 0.347. The maximum atomic E-state index is 13.0. The minimum absolute atomic E-state index is 0.0518. The van der Waals surface area contributed by atoms with Gasteiger partial charge >= 0.3 is 6.18 Å². The molecule has 2 aromatic heterocycles. The van der Waals surface area contributed by atoms with Gasteiger partial charge in [-0.1, -0.05) is 11.8 Å². The average molecular weight is 327 g/mol. The number of hydrogen-bond acceptors (Lipinski definition) is 4. The highest BCUT2D eigenvalue weighted by Gasteiger charge is 2.35. The number of aromatic amines is 1. The second-order valence-electron chi connectivity index (χ2n) is 5.04. The molecule has 0 saturated heterocycles. The molecule has 0 unspecified atom stereocenters. The highest BCUT2D eigenvalue weighted by atomic mass is 32.2. The van der Waals surface area contributed by atoms with Crippen LogP contribution < -0.4 is 5.56 Å². The highest BCUT2D eigenvalue weighted by molar-refractivity contribution is 7.98. The van der Waals surface area contributed by atoms with Crippen LogP contribution in [0.3, 0.4) is 0 Å². The minimum Gasteiger partial charge on any atom is -0.301 e. The first-order valence-electron chi connectivity index (χ1n) is 6.63. The van der Waals surface area contributed by atoms with E-state index in [1.807, 2.05) is 0 Å². The third-order valence-electron chi connectivity index (χ3n) is 3.60. The Kier molecular flexibility index (Phi) is 3.72. The molecule has 116 valence electrons. The molecule has 8 heteroatoms. The van der Waals surface area contributed by atoms with E-state index >= 15 is 0 Å². The van der Waals surface area contributed by atoms with Crippen LogP contribution in [0.4, 0.5) is 13.2 Å². The van der Waals surface area contributed by atoms with Crippen LogP contribution in [-0.2, 0) is 24.8 Å². The third kappa shape index (κ3) is 2.75. The number of fused-ring (bicyclic) bond motifs is 1. The van der Waals surface area contributed by atoms with Gasteiger partial charge in [0.25, 0.3) is 5.56 Å². The lowest BCUT2D eigenvalue weighted by molar-refractivity contribution is -0.141. The monoisotopic (exact) mass is 327 g/mol. The second kappa shape index (κ2) is 5.42. The van der Waals surface area contributed by atoms with E-state index in [0.29, 0.717) is 22.7 Å². The van der Waals surface area contributed by atoms with Crippen molar-refractivity contribution in [1.29, 1.82) is 0 Å². The third-order valence-corrected chi connectivity index (χ3v) is 4.50. The smallest absolute Gasteiger partial charge is 0.301 e. The van der Waals surface area contributed by atoms with Crippen molar-refractivity contribution in [3.63, 3.8) is 0 Å². The zero-order valence-corrected chi connectivity index (χ0v) is 12.4. The molecule has 0 fully saturated rings. The fourth-order valence-electron chi connectivity index (χ4n) is 2.28. The van der Waals surface area contributed by atoms with Crippen LogP contribution in [0.25, 0.3) is 0 Å². The van der Waals surface area contributed by atoms with Gasteiger partial charge in [0, 0.05) is 17.5 Å². The molecule has 0 radical (unpaired) electrons. The van der Waals surface area contributed by atoms with Crippen LogP contribution in [0.5, 0.6) is 0 Å². The molecule has 0 saturated carbocycles. The predicted molar refractivity (Wildman–Crippen MR) is 75.8 cm³/mol. The van der Waals surface area contributed by atoms with Crippen LogP contribution >= 0.6 is 11.8 Å². The van der Waals surface area contributed by atoms with E-state index in [1.165, 1.54) is 0 Å². The summed E-state index contributed by atoms with van der Waals surface area (Å²) in [4.78, 5) is 22.0. The lowest BCUT2D eigenvalue weighted by Gasteiger charge is -2.17. The Morgan fingerprint density at radius 1 is 1.36 bits per heavy atom. The Morgan fingerprint density at radius 3 is 2.73 bits per heavy atom. The molecule has 0 aromatic carbocycles. The van der Waals surface area contributed by atoms with E-state index < -0.39 is 11.9 Å². The molecular formula is C14H12F3N3OS. The number of aryl methyl sites for hydroxylation is 2. The normalized spacial score (nSPS) is 13.6. The topological polar surface area (TPSA) is 58.6 Å². The quantitative estimate of drug-likeness (QED) is 0.696. The number of halogens is 3. The molecule has 2 heterocycles. The van der Waals surface area contributed by atoms with E-state index in [4.69, 9.17) is 0 Å². The number of H-pyrrole nitrogens is 1. The SMILES string of the molecule is Cc1ccnc(C(F)(F)F)c1CSc1nc2c(c(=O)[nH]1)CC2. The summed E-state index contributed by atoms with van der Waals surface area (Å²) >= 11 is 1.08. The molecule has 1 aliphatic carbocycles. The first-order valence-corrected chi connectivity index (χ1v) is 7.61. The molecule has 3 rings (SSSR count). The van der Waals surface area contributed by atoms with Gasteiger partial charge in [0.1, 0.15) is 5.69 Å². The van der Waals surface area contributed by atoms with Crippen LogP contribution in [0, 0.1) is 6.92 Å². The van der Waals surface area contributed by atoms with E-state index in [2.05, 4.69) is 15.0 Å². The van der Waals surface area contributed by atoms with Crippen molar-refractivity contribution in [3.8, 4) is 0 Å². The molecule has 0 spiro atoms. The zero-order chi connectivity index (χ0) is 15.9. The van der Waals surface area contributed by atoms with Gasteiger partial charge in [0.2, 0.25) is 0 Å². The number of pyridine rings is 1. The molecule has 0 amide bonds. The Labute approximate surface area is 128 Å². The second-order valence-corrected chi connectivity index (χ2v) is 6.00. The fourth-order valence-corrected chi connectivity index (χ4v) is 3.26. The van der Waals surface area contributed by atoms with Crippen molar-refractivity contribution in [2.24, 2.45) is 0 Å². The minimum atomic E-state index is -4.50. The van der Waals surface area contributed by atoms with Crippen LogP contribution in [0.15, 0.2) is 22.2 Å². The van der Waals surface area contributed by atoms with Crippen molar-refractivity contribution in [2.75, 3.05) is 0 Å². The number of nitrogens with zero attached hydrogens (tertiary/aromatic N) is 2. The van der Waals surface area contributed by atoms with E-state index in [-0.39, 0.29) is 16.9 Å². The molecule has 2 aromatic rings. The van der Waals surface area contributed by atoms with Crippen molar-refractivity contribution in [3.05, 3.63) is 50.7 Å². The number of alkyl halides is 3. The summed E-state index contributed by atoms with van der Waals surface area (Å²) < 4.78 is 39.0. The molecule has 22 heavy (non-hydrogen) atoms. The van der Waals surface area contributed by atoms with Gasteiger partial charge in [-0.3, -0.25) is 9.78 Å².